The number of carbonyl (C=O) groups excluding carboxylic acids is 1. The number of nitrogens with zero attached hydrogens (tertiary/aromatic N) is 2. The van der Waals surface area contributed by atoms with Crippen LogP contribution in [0.2, 0.25) is 0 Å². The highest BCUT2D eigenvalue weighted by Gasteiger charge is 2.20. The average Bonchev–Trinajstić information content (AvgIpc) is 3.22. The monoisotopic (exact) mass is 463 g/mol. The van der Waals surface area contributed by atoms with Crippen LogP contribution in [0.15, 0.2) is 83.7 Å². The zero-order valence-corrected chi connectivity index (χ0v) is 19.8. The maximum atomic E-state index is 12.7. The van der Waals surface area contributed by atoms with Crippen molar-refractivity contribution < 1.29 is 9.53 Å². The molecule has 6 nitrogen and oxygen atoms in total. The largest absolute Gasteiger partial charge is 0.462 e. The first-order chi connectivity index (χ1) is 17.0. The molecule has 0 fully saturated rings. The molecule has 0 atom stereocenters. The van der Waals surface area contributed by atoms with Gasteiger partial charge in [-0.05, 0) is 50.6 Å². The van der Waals surface area contributed by atoms with Crippen LogP contribution in [-0.2, 0) is 4.74 Å². The molecule has 0 saturated carbocycles. The SMILES string of the molecule is CCOC(=O)c1cc(-c2ccc(C)cc2)n(-c2ccc(-c3n[nH]c(=O)c4ccccc34)cc2)c1C. The van der Waals surface area contributed by atoms with Crippen LogP contribution in [0.1, 0.15) is 28.5 Å². The van der Waals surface area contributed by atoms with Crippen LogP contribution in [0.25, 0.3) is 39.0 Å². The van der Waals surface area contributed by atoms with Gasteiger partial charge in [0.15, 0.2) is 0 Å². The number of esters is 1. The van der Waals surface area contributed by atoms with Crippen LogP contribution >= 0.6 is 0 Å². The topological polar surface area (TPSA) is 77.0 Å². The summed E-state index contributed by atoms with van der Waals surface area (Å²) in [6.07, 6.45) is 0. The second kappa shape index (κ2) is 9.06. The predicted molar refractivity (Wildman–Crippen MR) is 138 cm³/mol. The number of H-pyrrole nitrogens is 1. The van der Waals surface area contributed by atoms with Crippen LogP contribution < -0.4 is 5.56 Å². The van der Waals surface area contributed by atoms with E-state index in [4.69, 9.17) is 4.74 Å². The first-order valence-corrected chi connectivity index (χ1v) is 11.5. The molecule has 0 amide bonds. The first-order valence-electron chi connectivity index (χ1n) is 11.5. The Morgan fingerprint density at radius 3 is 2.26 bits per heavy atom. The Morgan fingerprint density at radius 1 is 0.914 bits per heavy atom. The molecule has 0 aliphatic carbocycles. The number of nitrogens with one attached hydrogen (secondary N) is 1. The number of benzene rings is 3. The Labute approximate surface area is 202 Å². The fourth-order valence-electron chi connectivity index (χ4n) is 4.39. The first kappa shape index (κ1) is 22.3. The number of rotatable bonds is 5. The Hall–Kier alpha value is -4.45. The van der Waals surface area contributed by atoms with Crippen molar-refractivity contribution in [1.29, 1.82) is 0 Å². The zero-order valence-electron chi connectivity index (χ0n) is 19.8. The molecule has 0 radical (unpaired) electrons. The fraction of sp³-hybridized carbons (Fsp3) is 0.138. The summed E-state index contributed by atoms with van der Waals surface area (Å²) in [5, 5.41) is 8.31. The highest BCUT2D eigenvalue weighted by Crippen LogP contribution is 2.32. The quantitative estimate of drug-likeness (QED) is 0.332. The van der Waals surface area contributed by atoms with Crippen molar-refractivity contribution in [2.24, 2.45) is 0 Å². The zero-order chi connectivity index (χ0) is 24.5. The summed E-state index contributed by atoms with van der Waals surface area (Å²) in [6.45, 7) is 6.09. The molecule has 5 rings (SSSR count). The third kappa shape index (κ3) is 4.04. The molecule has 174 valence electrons. The van der Waals surface area contributed by atoms with E-state index in [1.807, 2.05) is 62.4 Å². The summed E-state index contributed by atoms with van der Waals surface area (Å²) < 4.78 is 7.37. The van der Waals surface area contributed by atoms with Gasteiger partial charge in [0.25, 0.3) is 5.56 Å². The standard InChI is InChI=1S/C29H25N3O3/c1-4-35-29(34)25-17-26(20-11-9-18(2)10-12-20)32(19(25)3)22-15-13-21(14-16-22)27-23-7-5-6-8-24(23)28(33)31-30-27/h5-17H,4H2,1-3H3,(H,31,33). The van der Waals surface area contributed by atoms with E-state index >= 15 is 0 Å². The minimum Gasteiger partial charge on any atom is -0.462 e. The van der Waals surface area contributed by atoms with Gasteiger partial charge in [-0.3, -0.25) is 4.79 Å². The summed E-state index contributed by atoms with van der Waals surface area (Å²) in [6, 6.07) is 25.5. The van der Waals surface area contributed by atoms with Gasteiger partial charge in [-0.1, -0.05) is 60.2 Å². The predicted octanol–water partition coefficient (Wildman–Crippen LogP) is 5.84. The van der Waals surface area contributed by atoms with E-state index in [0.717, 1.165) is 33.6 Å². The minimum absolute atomic E-state index is 0.210. The fourth-order valence-corrected chi connectivity index (χ4v) is 4.39. The summed E-state index contributed by atoms with van der Waals surface area (Å²) in [5.74, 6) is -0.336. The van der Waals surface area contributed by atoms with E-state index in [1.54, 1.807) is 13.0 Å². The highest BCUT2D eigenvalue weighted by atomic mass is 16.5. The lowest BCUT2D eigenvalue weighted by Gasteiger charge is -2.14. The van der Waals surface area contributed by atoms with Crippen LogP contribution in [0.4, 0.5) is 0 Å². The number of carbonyl (C=O) groups is 1. The maximum Gasteiger partial charge on any atom is 0.339 e. The second-order valence-electron chi connectivity index (χ2n) is 8.44. The van der Waals surface area contributed by atoms with E-state index in [9.17, 15) is 9.59 Å². The van der Waals surface area contributed by atoms with Gasteiger partial charge in [0, 0.05) is 22.3 Å². The minimum atomic E-state index is -0.336. The van der Waals surface area contributed by atoms with E-state index in [0.29, 0.717) is 23.3 Å². The van der Waals surface area contributed by atoms with Gasteiger partial charge in [0.2, 0.25) is 0 Å². The second-order valence-corrected chi connectivity index (χ2v) is 8.44. The van der Waals surface area contributed by atoms with E-state index in [-0.39, 0.29) is 11.5 Å². The lowest BCUT2D eigenvalue weighted by atomic mass is 10.0. The van der Waals surface area contributed by atoms with Gasteiger partial charge in [0.1, 0.15) is 0 Å². The van der Waals surface area contributed by atoms with Crippen LogP contribution in [0, 0.1) is 13.8 Å². The number of hydrogen-bond donors (Lipinski definition) is 1. The summed E-state index contributed by atoms with van der Waals surface area (Å²) in [5.41, 5.74) is 6.72. The highest BCUT2D eigenvalue weighted by molar-refractivity contribution is 5.94. The van der Waals surface area contributed by atoms with Gasteiger partial charge in [-0.25, -0.2) is 9.89 Å². The number of ether oxygens (including phenoxy) is 1. The lowest BCUT2D eigenvalue weighted by molar-refractivity contribution is 0.0525. The molecule has 3 aromatic carbocycles. The van der Waals surface area contributed by atoms with Crippen molar-refractivity contribution in [3.8, 4) is 28.2 Å². The number of aromatic amines is 1. The average molecular weight is 464 g/mol. The van der Waals surface area contributed by atoms with Crippen molar-refractivity contribution in [3.63, 3.8) is 0 Å². The van der Waals surface area contributed by atoms with Gasteiger partial charge < -0.3 is 9.30 Å². The molecule has 0 aliphatic heterocycles. The smallest absolute Gasteiger partial charge is 0.339 e. The van der Waals surface area contributed by atoms with Crippen LogP contribution in [0.5, 0.6) is 0 Å². The van der Waals surface area contributed by atoms with Gasteiger partial charge in [0.05, 0.1) is 28.9 Å². The number of aromatic nitrogens is 3. The van der Waals surface area contributed by atoms with Gasteiger partial charge in [-0.2, -0.15) is 5.10 Å². The number of fused-ring (bicyclic) bond motifs is 1. The molecule has 0 bridgehead atoms. The Balaban J connectivity index is 1.64. The van der Waals surface area contributed by atoms with E-state index < -0.39 is 0 Å². The maximum absolute atomic E-state index is 12.7. The van der Waals surface area contributed by atoms with Crippen molar-refractivity contribution in [3.05, 3.63) is 106 Å². The molecule has 2 heterocycles. The summed E-state index contributed by atoms with van der Waals surface area (Å²) >= 11 is 0. The van der Waals surface area contributed by atoms with Gasteiger partial charge in [-0.15, -0.1) is 0 Å². The van der Waals surface area contributed by atoms with Crippen molar-refractivity contribution in [2.75, 3.05) is 6.61 Å². The molecule has 5 aromatic rings. The molecule has 0 aliphatic rings. The van der Waals surface area contributed by atoms with Crippen molar-refractivity contribution in [1.82, 2.24) is 14.8 Å². The molecule has 0 saturated heterocycles. The molecule has 0 spiro atoms. The van der Waals surface area contributed by atoms with E-state index in [1.165, 1.54) is 5.56 Å². The Kier molecular flexibility index (Phi) is 5.79. The third-order valence-corrected chi connectivity index (χ3v) is 6.18. The molecular formula is C29H25N3O3. The Bertz CT molecular complexity index is 1590. The van der Waals surface area contributed by atoms with Crippen LogP contribution in [-0.4, -0.2) is 27.3 Å². The van der Waals surface area contributed by atoms with Crippen LogP contribution in [0.3, 0.4) is 0 Å². The molecule has 0 unspecified atom stereocenters. The number of aryl methyl sites for hydroxylation is 1. The molecular weight excluding hydrogens is 438 g/mol. The molecule has 6 heteroatoms. The molecule has 35 heavy (non-hydrogen) atoms. The lowest BCUT2D eigenvalue weighted by Crippen LogP contribution is -2.09. The van der Waals surface area contributed by atoms with E-state index in [2.05, 4.69) is 39.0 Å². The molecule has 2 aromatic heterocycles. The normalized spacial score (nSPS) is 11.1. The summed E-state index contributed by atoms with van der Waals surface area (Å²) in [4.78, 5) is 24.8. The van der Waals surface area contributed by atoms with Crippen molar-refractivity contribution >= 4 is 16.7 Å². The summed E-state index contributed by atoms with van der Waals surface area (Å²) in [7, 11) is 0. The van der Waals surface area contributed by atoms with Gasteiger partial charge >= 0.3 is 5.97 Å². The van der Waals surface area contributed by atoms with Crippen molar-refractivity contribution in [2.45, 2.75) is 20.8 Å². The third-order valence-electron chi connectivity index (χ3n) is 6.18. The Morgan fingerprint density at radius 2 is 1.57 bits per heavy atom. The number of hydrogen-bond acceptors (Lipinski definition) is 4. The molecule has 1 N–H and O–H groups in total.